The average Bonchev–Trinajstić information content (AvgIpc) is 3.18. The summed E-state index contributed by atoms with van der Waals surface area (Å²) in [6, 6.07) is 12.6. The van der Waals surface area contributed by atoms with Crippen molar-refractivity contribution in [3.63, 3.8) is 0 Å². The number of aromatic nitrogens is 1. The summed E-state index contributed by atoms with van der Waals surface area (Å²) in [5.74, 6) is 0.595. The number of esters is 1. The van der Waals surface area contributed by atoms with E-state index in [0.717, 1.165) is 11.3 Å². The zero-order valence-electron chi connectivity index (χ0n) is 21.9. The fourth-order valence-corrected chi connectivity index (χ4v) is 5.31. The number of ether oxygens (including phenoxy) is 3. The van der Waals surface area contributed by atoms with Crippen molar-refractivity contribution in [1.82, 2.24) is 4.57 Å². The first kappa shape index (κ1) is 26.2. The summed E-state index contributed by atoms with van der Waals surface area (Å²) in [4.78, 5) is 34.1. The molecule has 1 unspecified atom stereocenters. The van der Waals surface area contributed by atoms with Gasteiger partial charge in [-0.25, -0.2) is 9.79 Å². The van der Waals surface area contributed by atoms with Crippen LogP contribution in [0.15, 0.2) is 63.5 Å². The third-order valence-electron chi connectivity index (χ3n) is 6.03. The lowest BCUT2D eigenvalue weighted by atomic mass is 9.95. The first-order valence-corrected chi connectivity index (χ1v) is 12.9. The second-order valence-electron chi connectivity index (χ2n) is 8.63. The average molecular weight is 522 g/mol. The van der Waals surface area contributed by atoms with Crippen LogP contribution in [0.4, 0.5) is 5.69 Å². The number of carbonyl (C=O) groups is 1. The third kappa shape index (κ3) is 5.17. The molecule has 9 heteroatoms. The molecule has 8 nitrogen and oxygen atoms in total. The monoisotopic (exact) mass is 521 g/mol. The Bertz CT molecular complexity index is 1520. The van der Waals surface area contributed by atoms with Crippen molar-refractivity contribution in [1.29, 1.82) is 0 Å². The molecule has 0 spiro atoms. The van der Waals surface area contributed by atoms with Crippen LogP contribution in [0.3, 0.4) is 0 Å². The summed E-state index contributed by atoms with van der Waals surface area (Å²) in [6.45, 7) is 6.05. The number of thiazole rings is 1. The molecule has 0 N–H and O–H groups in total. The van der Waals surface area contributed by atoms with E-state index in [2.05, 4.69) is 4.99 Å². The minimum atomic E-state index is -0.723. The summed E-state index contributed by atoms with van der Waals surface area (Å²) in [5, 5.41) is 0. The van der Waals surface area contributed by atoms with Crippen molar-refractivity contribution in [2.45, 2.75) is 26.8 Å². The van der Waals surface area contributed by atoms with E-state index in [9.17, 15) is 9.59 Å². The summed E-state index contributed by atoms with van der Waals surface area (Å²) in [7, 11) is 5.53. The highest BCUT2D eigenvalue weighted by Gasteiger charge is 2.34. The largest absolute Gasteiger partial charge is 0.493 e. The van der Waals surface area contributed by atoms with Crippen LogP contribution in [0, 0.1) is 0 Å². The fraction of sp³-hybridized carbons (Fsp3) is 0.321. The number of methoxy groups -OCH3 is 1. The Morgan fingerprint density at radius 2 is 1.84 bits per heavy atom. The third-order valence-corrected chi connectivity index (χ3v) is 7.01. The molecule has 1 aromatic heterocycles. The van der Waals surface area contributed by atoms with Crippen LogP contribution < -0.4 is 29.3 Å². The molecule has 0 fully saturated rings. The molecule has 1 aliphatic rings. The normalized spacial score (nSPS) is 15.2. The molecule has 4 rings (SSSR count). The van der Waals surface area contributed by atoms with Crippen LogP contribution in [0.25, 0.3) is 6.08 Å². The van der Waals surface area contributed by atoms with Crippen LogP contribution in [-0.4, -0.2) is 45.0 Å². The van der Waals surface area contributed by atoms with E-state index >= 15 is 0 Å². The number of nitrogens with zero attached hydrogens (tertiary/aromatic N) is 3. The molecule has 0 saturated heterocycles. The van der Waals surface area contributed by atoms with E-state index in [4.69, 9.17) is 14.2 Å². The first-order chi connectivity index (χ1) is 17.8. The van der Waals surface area contributed by atoms with Gasteiger partial charge in [-0.2, -0.15) is 0 Å². The molecule has 0 aliphatic carbocycles. The maximum Gasteiger partial charge on any atom is 0.338 e. The van der Waals surface area contributed by atoms with Crippen molar-refractivity contribution in [3.05, 3.63) is 84.5 Å². The van der Waals surface area contributed by atoms with Crippen LogP contribution in [-0.2, 0) is 9.53 Å². The lowest BCUT2D eigenvalue weighted by Crippen LogP contribution is -2.40. The van der Waals surface area contributed by atoms with E-state index in [0.29, 0.717) is 44.3 Å². The minimum absolute atomic E-state index is 0.211. The van der Waals surface area contributed by atoms with Gasteiger partial charge in [0.1, 0.15) is 0 Å². The highest BCUT2D eigenvalue weighted by atomic mass is 32.1. The van der Waals surface area contributed by atoms with Gasteiger partial charge < -0.3 is 19.1 Å². The van der Waals surface area contributed by atoms with E-state index in [1.54, 1.807) is 31.6 Å². The maximum atomic E-state index is 13.8. The van der Waals surface area contributed by atoms with Gasteiger partial charge in [-0.3, -0.25) is 9.36 Å². The lowest BCUT2D eigenvalue weighted by molar-refractivity contribution is -0.139. The quantitative estimate of drug-likeness (QED) is 0.423. The molecule has 2 heterocycles. The Hall–Kier alpha value is -3.85. The Kier molecular flexibility index (Phi) is 7.83. The summed E-state index contributed by atoms with van der Waals surface area (Å²) in [5.41, 5.74) is 3.27. The molecule has 2 aromatic carbocycles. The van der Waals surface area contributed by atoms with Crippen LogP contribution in [0.5, 0.6) is 11.5 Å². The second kappa shape index (κ2) is 11.0. The van der Waals surface area contributed by atoms with Gasteiger partial charge in [0.25, 0.3) is 5.56 Å². The molecule has 0 amide bonds. The Morgan fingerprint density at radius 3 is 2.46 bits per heavy atom. The van der Waals surface area contributed by atoms with E-state index in [-0.39, 0.29) is 12.2 Å². The molecule has 0 bridgehead atoms. The van der Waals surface area contributed by atoms with Gasteiger partial charge in [0, 0.05) is 19.8 Å². The zero-order chi connectivity index (χ0) is 26.7. The number of allylic oxidation sites excluding steroid dienone is 1. The van der Waals surface area contributed by atoms with E-state index in [1.807, 2.05) is 68.4 Å². The maximum absolute atomic E-state index is 13.8. The number of fused-ring (bicyclic) bond motifs is 1. The molecule has 0 radical (unpaired) electrons. The number of benzene rings is 2. The smallest absolute Gasteiger partial charge is 0.338 e. The summed E-state index contributed by atoms with van der Waals surface area (Å²) < 4.78 is 18.7. The molecule has 1 atom stereocenters. The summed E-state index contributed by atoms with van der Waals surface area (Å²) >= 11 is 1.29. The van der Waals surface area contributed by atoms with Gasteiger partial charge in [0.2, 0.25) is 0 Å². The van der Waals surface area contributed by atoms with Crippen LogP contribution in [0.1, 0.15) is 37.9 Å². The number of hydrogen-bond acceptors (Lipinski definition) is 8. The van der Waals surface area contributed by atoms with Crippen molar-refractivity contribution in [2.24, 2.45) is 4.99 Å². The number of rotatable bonds is 8. The van der Waals surface area contributed by atoms with Gasteiger partial charge in [0.15, 0.2) is 16.3 Å². The Labute approximate surface area is 219 Å². The lowest BCUT2D eigenvalue weighted by Gasteiger charge is -2.25. The molecule has 0 saturated carbocycles. The predicted molar refractivity (Wildman–Crippen MR) is 145 cm³/mol. The zero-order valence-corrected chi connectivity index (χ0v) is 22.7. The molecule has 37 heavy (non-hydrogen) atoms. The van der Waals surface area contributed by atoms with E-state index < -0.39 is 12.0 Å². The number of hydrogen-bond donors (Lipinski definition) is 0. The Morgan fingerprint density at radius 1 is 1.11 bits per heavy atom. The highest BCUT2D eigenvalue weighted by Crippen LogP contribution is 2.36. The fourth-order valence-electron chi connectivity index (χ4n) is 4.26. The molecule has 1 aliphatic heterocycles. The van der Waals surface area contributed by atoms with Gasteiger partial charge in [-0.05, 0) is 62.2 Å². The second-order valence-corrected chi connectivity index (χ2v) is 9.64. The number of anilines is 1. The van der Waals surface area contributed by atoms with Crippen molar-refractivity contribution in [3.8, 4) is 11.5 Å². The first-order valence-electron chi connectivity index (χ1n) is 12.1. The van der Waals surface area contributed by atoms with Gasteiger partial charge >= 0.3 is 5.97 Å². The molecular formula is C28H31N3O5S. The van der Waals surface area contributed by atoms with E-state index in [1.165, 1.54) is 11.3 Å². The van der Waals surface area contributed by atoms with Crippen LogP contribution in [0.2, 0.25) is 0 Å². The Balaban J connectivity index is 1.92. The van der Waals surface area contributed by atoms with Gasteiger partial charge in [-0.1, -0.05) is 29.5 Å². The SMILES string of the molecule is CCOC(=O)C1=C(C)N=c2s/c(=C/c3ccc(N(C)C)cc3)c(=O)n2C1c1ccc(OC)c(OCC)c1. The van der Waals surface area contributed by atoms with Crippen molar-refractivity contribution in [2.75, 3.05) is 39.3 Å². The van der Waals surface area contributed by atoms with Gasteiger partial charge in [-0.15, -0.1) is 0 Å². The minimum Gasteiger partial charge on any atom is -0.493 e. The standard InChI is InChI=1S/C28H31N3O5S/c1-7-35-22-16-19(11-14-21(22)34-6)25-24(27(33)36-8-2)17(3)29-28-31(25)26(32)23(37-28)15-18-9-12-20(13-10-18)30(4)5/h9-16,25H,7-8H2,1-6H3/b23-15+. The molecule has 3 aromatic rings. The number of carbonyl (C=O) groups excluding carboxylic acids is 1. The van der Waals surface area contributed by atoms with Crippen molar-refractivity contribution >= 4 is 29.1 Å². The molecular weight excluding hydrogens is 490 g/mol. The topological polar surface area (TPSA) is 82.4 Å². The summed E-state index contributed by atoms with van der Waals surface area (Å²) in [6.07, 6.45) is 1.85. The van der Waals surface area contributed by atoms with Crippen molar-refractivity contribution < 1.29 is 19.0 Å². The highest BCUT2D eigenvalue weighted by molar-refractivity contribution is 7.07. The van der Waals surface area contributed by atoms with Crippen LogP contribution >= 0.6 is 11.3 Å². The van der Waals surface area contributed by atoms with Gasteiger partial charge in [0.05, 0.1) is 42.2 Å². The molecule has 194 valence electrons. The predicted octanol–water partition coefficient (Wildman–Crippen LogP) is 3.27.